The van der Waals surface area contributed by atoms with E-state index in [1.807, 2.05) is 24.3 Å². The maximum absolute atomic E-state index is 12.1. The van der Waals surface area contributed by atoms with E-state index in [2.05, 4.69) is 26.1 Å². The normalized spacial score (nSPS) is 12.1. The fourth-order valence-corrected chi connectivity index (χ4v) is 3.04. The van der Waals surface area contributed by atoms with Gasteiger partial charge in [-0.2, -0.15) is 0 Å². The Morgan fingerprint density at radius 2 is 1.86 bits per heavy atom. The van der Waals surface area contributed by atoms with Crippen molar-refractivity contribution in [3.05, 3.63) is 29.8 Å². The number of ether oxygens (including phenoxy) is 2. The van der Waals surface area contributed by atoms with Gasteiger partial charge in [0.05, 0.1) is 13.7 Å². The van der Waals surface area contributed by atoms with Gasteiger partial charge in [0.2, 0.25) is 5.91 Å². The van der Waals surface area contributed by atoms with E-state index in [1.54, 1.807) is 13.2 Å². The molecule has 0 saturated carbocycles. The van der Waals surface area contributed by atoms with E-state index in [1.165, 1.54) is 38.5 Å². The molecule has 4 heteroatoms. The van der Waals surface area contributed by atoms with Crippen molar-refractivity contribution in [2.24, 2.45) is 5.92 Å². The molecule has 1 N–H and O–H groups in total. The van der Waals surface area contributed by atoms with Crippen LogP contribution in [0.3, 0.4) is 0 Å². The summed E-state index contributed by atoms with van der Waals surface area (Å²) in [5.74, 6) is 1.96. The first-order chi connectivity index (χ1) is 13.6. The molecule has 0 aliphatic carbocycles. The molecule has 0 heterocycles. The molecule has 0 fully saturated rings. The third-order valence-electron chi connectivity index (χ3n) is 4.98. The van der Waals surface area contributed by atoms with E-state index in [0.29, 0.717) is 18.3 Å². The van der Waals surface area contributed by atoms with Crippen molar-refractivity contribution in [3.8, 4) is 11.5 Å². The minimum atomic E-state index is -0.0508. The molecule has 0 aliphatic heterocycles. The van der Waals surface area contributed by atoms with Crippen LogP contribution < -0.4 is 14.8 Å². The summed E-state index contributed by atoms with van der Waals surface area (Å²) in [4.78, 5) is 12.1. The summed E-state index contributed by atoms with van der Waals surface area (Å²) in [5, 5.41) is 3.02. The van der Waals surface area contributed by atoms with Crippen LogP contribution >= 0.6 is 0 Å². The molecule has 1 atom stereocenters. The number of amides is 1. The monoisotopic (exact) mass is 389 g/mol. The van der Waals surface area contributed by atoms with Gasteiger partial charge in [-0.1, -0.05) is 65.4 Å². The molecule has 0 bridgehead atoms. The minimum Gasteiger partial charge on any atom is -0.493 e. The Morgan fingerprint density at radius 1 is 1.07 bits per heavy atom. The number of methoxy groups -OCH3 is 1. The zero-order valence-corrected chi connectivity index (χ0v) is 18.3. The minimum absolute atomic E-state index is 0.0508. The zero-order valence-electron chi connectivity index (χ0n) is 18.3. The number of benzene rings is 1. The van der Waals surface area contributed by atoms with Gasteiger partial charge >= 0.3 is 0 Å². The summed E-state index contributed by atoms with van der Waals surface area (Å²) in [6.07, 6.45) is 12.8. The number of nitrogens with one attached hydrogen (secondary N) is 1. The molecule has 4 nitrogen and oxygen atoms in total. The van der Waals surface area contributed by atoms with Crippen LogP contribution in [0.15, 0.2) is 24.3 Å². The molecule has 28 heavy (non-hydrogen) atoms. The third kappa shape index (κ3) is 9.82. The van der Waals surface area contributed by atoms with Crippen LogP contribution in [0.25, 0.3) is 6.08 Å². The molecular weight excluding hydrogens is 350 g/mol. The molecule has 0 aromatic heterocycles. The van der Waals surface area contributed by atoms with Gasteiger partial charge in [0.25, 0.3) is 0 Å². The molecule has 1 aromatic rings. The number of hydrogen-bond acceptors (Lipinski definition) is 3. The van der Waals surface area contributed by atoms with Crippen molar-refractivity contribution in [1.29, 1.82) is 0 Å². The molecule has 1 aromatic carbocycles. The van der Waals surface area contributed by atoms with Gasteiger partial charge in [-0.3, -0.25) is 4.79 Å². The highest BCUT2D eigenvalue weighted by Crippen LogP contribution is 2.28. The van der Waals surface area contributed by atoms with Crippen molar-refractivity contribution in [2.45, 2.75) is 72.1 Å². The van der Waals surface area contributed by atoms with E-state index in [0.717, 1.165) is 30.7 Å². The van der Waals surface area contributed by atoms with Crippen LogP contribution in [0.1, 0.15) is 77.7 Å². The lowest BCUT2D eigenvalue weighted by atomic mass is 9.99. The van der Waals surface area contributed by atoms with E-state index >= 15 is 0 Å². The van der Waals surface area contributed by atoms with Gasteiger partial charge in [-0.25, -0.2) is 0 Å². The number of carbonyl (C=O) groups excluding carboxylic acids is 1. The Balaban J connectivity index is 2.52. The molecule has 1 amide bonds. The van der Waals surface area contributed by atoms with E-state index in [9.17, 15) is 4.79 Å². The summed E-state index contributed by atoms with van der Waals surface area (Å²) in [7, 11) is 1.64. The van der Waals surface area contributed by atoms with Gasteiger partial charge in [0, 0.05) is 12.6 Å². The van der Waals surface area contributed by atoms with Crippen molar-refractivity contribution >= 4 is 12.0 Å². The van der Waals surface area contributed by atoms with Gasteiger partial charge in [-0.15, -0.1) is 0 Å². The molecule has 1 rings (SSSR count). The molecule has 0 spiro atoms. The Kier molecular flexibility index (Phi) is 12.9. The topological polar surface area (TPSA) is 47.6 Å². The summed E-state index contributed by atoms with van der Waals surface area (Å²) < 4.78 is 11.3. The molecule has 0 aliphatic rings. The van der Waals surface area contributed by atoms with Gasteiger partial charge < -0.3 is 14.8 Å². The smallest absolute Gasteiger partial charge is 0.244 e. The lowest BCUT2D eigenvalue weighted by Gasteiger charge is -2.14. The van der Waals surface area contributed by atoms with E-state index in [4.69, 9.17) is 9.47 Å². The quantitative estimate of drug-likeness (QED) is 0.296. The van der Waals surface area contributed by atoms with Crippen molar-refractivity contribution in [2.75, 3.05) is 20.3 Å². The highest BCUT2D eigenvalue weighted by Gasteiger charge is 2.07. The molecule has 0 radical (unpaired) electrons. The highest BCUT2D eigenvalue weighted by molar-refractivity contribution is 5.91. The van der Waals surface area contributed by atoms with Crippen molar-refractivity contribution in [1.82, 2.24) is 5.32 Å². The first-order valence-electron chi connectivity index (χ1n) is 10.9. The van der Waals surface area contributed by atoms with Crippen LogP contribution in [-0.2, 0) is 4.79 Å². The fourth-order valence-electron chi connectivity index (χ4n) is 3.04. The van der Waals surface area contributed by atoms with Crippen molar-refractivity contribution in [3.63, 3.8) is 0 Å². The molecule has 158 valence electrons. The first kappa shape index (κ1) is 24.1. The van der Waals surface area contributed by atoms with Crippen LogP contribution in [0.2, 0.25) is 0 Å². The maximum Gasteiger partial charge on any atom is 0.244 e. The molecule has 0 saturated heterocycles. The summed E-state index contributed by atoms with van der Waals surface area (Å²) in [5.41, 5.74) is 0.920. The Hall–Kier alpha value is -1.97. The largest absolute Gasteiger partial charge is 0.493 e. The molecular formula is C24H39NO3. The average molecular weight is 390 g/mol. The summed E-state index contributed by atoms with van der Waals surface area (Å²) in [6, 6.07) is 5.76. The number of hydrogen-bond donors (Lipinski definition) is 1. The van der Waals surface area contributed by atoms with Crippen LogP contribution in [0.5, 0.6) is 11.5 Å². The number of carbonyl (C=O) groups is 1. The fraction of sp³-hybridized carbons (Fsp3) is 0.625. The van der Waals surface area contributed by atoms with Gasteiger partial charge in [0.15, 0.2) is 11.5 Å². The highest BCUT2D eigenvalue weighted by atomic mass is 16.5. The predicted octanol–water partition coefficient (Wildman–Crippen LogP) is 6.00. The summed E-state index contributed by atoms with van der Waals surface area (Å²) in [6.45, 7) is 8.02. The average Bonchev–Trinajstić information content (AvgIpc) is 2.72. The van der Waals surface area contributed by atoms with Crippen LogP contribution in [0, 0.1) is 5.92 Å². The lowest BCUT2D eigenvalue weighted by Crippen LogP contribution is -2.27. The Labute approximate surface area is 171 Å². The zero-order chi connectivity index (χ0) is 20.6. The van der Waals surface area contributed by atoms with Crippen LogP contribution in [0.4, 0.5) is 0 Å². The number of unbranched alkanes of at least 4 members (excludes halogenated alkanes) is 4. The SMILES string of the molecule is CCCCCCOc1ccc(/C=C/C(=O)NCC(CC)CCCC)cc1OC. The Morgan fingerprint density at radius 3 is 2.54 bits per heavy atom. The second kappa shape index (κ2) is 15.0. The predicted molar refractivity (Wildman–Crippen MR) is 118 cm³/mol. The van der Waals surface area contributed by atoms with Crippen LogP contribution in [-0.4, -0.2) is 26.2 Å². The third-order valence-corrected chi connectivity index (χ3v) is 4.98. The Bertz CT molecular complexity index is 583. The van der Waals surface area contributed by atoms with E-state index < -0.39 is 0 Å². The second-order valence-corrected chi connectivity index (χ2v) is 7.31. The van der Waals surface area contributed by atoms with E-state index in [-0.39, 0.29) is 5.91 Å². The summed E-state index contributed by atoms with van der Waals surface area (Å²) >= 11 is 0. The maximum atomic E-state index is 12.1. The first-order valence-corrected chi connectivity index (χ1v) is 10.9. The van der Waals surface area contributed by atoms with Crippen molar-refractivity contribution < 1.29 is 14.3 Å². The number of rotatable bonds is 15. The lowest BCUT2D eigenvalue weighted by molar-refractivity contribution is -0.116. The second-order valence-electron chi connectivity index (χ2n) is 7.31. The van der Waals surface area contributed by atoms with Gasteiger partial charge in [0.1, 0.15) is 0 Å². The standard InChI is InChI=1S/C24H39NO3/c1-5-8-10-11-17-28-22-15-13-21(18-23(22)27-4)14-16-24(26)25-19-20(7-3)12-9-6-2/h13-16,18,20H,5-12,17,19H2,1-4H3,(H,25,26)/b16-14+. The van der Waals surface area contributed by atoms with Gasteiger partial charge in [-0.05, 0) is 42.5 Å². The molecule has 1 unspecified atom stereocenters.